The Morgan fingerprint density at radius 3 is 2.88 bits per heavy atom. The standard InChI is InChI=1S/C17H24ClN5O2.HI/c1-3-24-10-5-4-9-20-17(19-2)21-12-15-22-16(23-25-15)13-7-6-8-14(18)11-13;/h6-8,11H,3-5,9-10,12H2,1-2H3,(H2,19,20,21);1H. The highest BCUT2D eigenvalue weighted by Crippen LogP contribution is 2.19. The molecule has 2 aromatic rings. The van der Waals surface area contributed by atoms with Crippen LogP contribution in [0.5, 0.6) is 0 Å². The van der Waals surface area contributed by atoms with E-state index in [9.17, 15) is 0 Å². The molecular weight excluding hydrogens is 469 g/mol. The minimum atomic E-state index is 0. The van der Waals surface area contributed by atoms with E-state index in [0.717, 1.165) is 38.2 Å². The van der Waals surface area contributed by atoms with Crippen LogP contribution in [0.4, 0.5) is 0 Å². The van der Waals surface area contributed by atoms with Gasteiger partial charge in [-0.2, -0.15) is 4.98 Å². The van der Waals surface area contributed by atoms with E-state index < -0.39 is 0 Å². The van der Waals surface area contributed by atoms with Crippen molar-refractivity contribution in [2.45, 2.75) is 26.3 Å². The van der Waals surface area contributed by atoms with Gasteiger partial charge in [0, 0.05) is 37.4 Å². The van der Waals surface area contributed by atoms with Crippen LogP contribution in [0.1, 0.15) is 25.7 Å². The summed E-state index contributed by atoms with van der Waals surface area (Å²) in [7, 11) is 1.72. The first-order valence-electron chi connectivity index (χ1n) is 8.33. The van der Waals surface area contributed by atoms with Gasteiger partial charge in [-0.15, -0.1) is 24.0 Å². The highest BCUT2D eigenvalue weighted by molar-refractivity contribution is 14.0. The number of aromatic nitrogens is 2. The second-order valence-electron chi connectivity index (χ2n) is 5.28. The third-order valence-corrected chi connectivity index (χ3v) is 3.63. The molecule has 2 N–H and O–H groups in total. The SMILES string of the molecule is CCOCCCCNC(=NC)NCc1nc(-c2cccc(Cl)c2)no1.I. The van der Waals surface area contributed by atoms with Gasteiger partial charge in [-0.25, -0.2) is 0 Å². The lowest BCUT2D eigenvalue weighted by molar-refractivity contribution is 0.143. The van der Waals surface area contributed by atoms with Crippen LogP contribution in [0.15, 0.2) is 33.8 Å². The van der Waals surface area contributed by atoms with E-state index in [4.69, 9.17) is 20.9 Å². The van der Waals surface area contributed by atoms with Gasteiger partial charge in [-0.3, -0.25) is 4.99 Å². The number of benzene rings is 1. The van der Waals surface area contributed by atoms with Crippen LogP contribution < -0.4 is 10.6 Å². The van der Waals surface area contributed by atoms with Gasteiger partial charge in [0.15, 0.2) is 5.96 Å². The molecule has 0 saturated heterocycles. The topological polar surface area (TPSA) is 84.6 Å². The molecular formula is C17H25ClIN5O2. The fourth-order valence-electron chi connectivity index (χ4n) is 2.13. The number of hydrogen-bond donors (Lipinski definition) is 2. The van der Waals surface area contributed by atoms with Crippen molar-refractivity contribution in [2.75, 3.05) is 26.8 Å². The average Bonchev–Trinajstić information content (AvgIpc) is 3.09. The lowest BCUT2D eigenvalue weighted by Gasteiger charge is -2.10. The molecule has 9 heteroatoms. The van der Waals surface area contributed by atoms with Gasteiger partial charge >= 0.3 is 0 Å². The van der Waals surface area contributed by atoms with Gasteiger partial charge in [-0.1, -0.05) is 28.9 Å². The molecule has 0 fully saturated rings. The molecule has 0 aliphatic rings. The Bertz CT molecular complexity index is 681. The van der Waals surface area contributed by atoms with Crippen LogP contribution in [-0.4, -0.2) is 42.9 Å². The van der Waals surface area contributed by atoms with Crippen molar-refractivity contribution in [2.24, 2.45) is 4.99 Å². The fraction of sp³-hybridized carbons (Fsp3) is 0.471. The molecule has 0 aliphatic heterocycles. The highest BCUT2D eigenvalue weighted by Gasteiger charge is 2.09. The molecule has 1 aromatic heterocycles. The molecule has 0 spiro atoms. The summed E-state index contributed by atoms with van der Waals surface area (Å²) in [6, 6.07) is 7.34. The van der Waals surface area contributed by atoms with Crippen molar-refractivity contribution in [1.82, 2.24) is 20.8 Å². The van der Waals surface area contributed by atoms with Crippen molar-refractivity contribution in [3.8, 4) is 11.4 Å². The van der Waals surface area contributed by atoms with E-state index in [0.29, 0.717) is 29.2 Å². The Labute approximate surface area is 176 Å². The summed E-state index contributed by atoms with van der Waals surface area (Å²) in [5.74, 6) is 1.69. The minimum Gasteiger partial charge on any atom is -0.382 e. The first-order valence-corrected chi connectivity index (χ1v) is 8.71. The smallest absolute Gasteiger partial charge is 0.246 e. The number of rotatable bonds is 9. The number of unbranched alkanes of at least 4 members (excludes halogenated alkanes) is 1. The molecule has 0 radical (unpaired) electrons. The van der Waals surface area contributed by atoms with Crippen molar-refractivity contribution >= 4 is 41.5 Å². The number of guanidine groups is 1. The number of ether oxygens (including phenoxy) is 1. The Morgan fingerprint density at radius 2 is 2.15 bits per heavy atom. The van der Waals surface area contributed by atoms with Crippen LogP contribution in [0.25, 0.3) is 11.4 Å². The maximum Gasteiger partial charge on any atom is 0.246 e. The molecule has 144 valence electrons. The van der Waals surface area contributed by atoms with E-state index in [2.05, 4.69) is 25.8 Å². The number of nitrogens with zero attached hydrogens (tertiary/aromatic N) is 3. The second kappa shape index (κ2) is 12.9. The summed E-state index contributed by atoms with van der Waals surface area (Å²) < 4.78 is 10.6. The zero-order chi connectivity index (χ0) is 17.9. The second-order valence-corrected chi connectivity index (χ2v) is 5.72. The molecule has 7 nitrogen and oxygen atoms in total. The van der Waals surface area contributed by atoms with Crippen molar-refractivity contribution in [3.05, 3.63) is 35.2 Å². The summed E-state index contributed by atoms with van der Waals surface area (Å²) >= 11 is 5.98. The van der Waals surface area contributed by atoms with Crippen LogP contribution in [0.3, 0.4) is 0 Å². The van der Waals surface area contributed by atoms with Crippen LogP contribution in [0.2, 0.25) is 5.02 Å². The molecule has 0 unspecified atom stereocenters. The number of nitrogens with one attached hydrogen (secondary N) is 2. The largest absolute Gasteiger partial charge is 0.382 e. The van der Waals surface area contributed by atoms with Crippen molar-refractivity contribution in [3.63, 3.8) is 0 Å². The summed E-state index contributed by atoms with van der Waals surface area (Å²) in [5.41, 5.74) is 0.819. The quantitative estimate of drug-likeness (QED) is 0.241. The van der Waals surface area contributed by atoms with Crippen LogP contribution >= 0.6 is 35.6 Å². The Morgan fingerprint density at radius 1 is 1.31 bits per heavy atom. The third kappa shape index (κ3) is 7.88. The first-order chi connectivity index (χ1) is 12.2. The zero-order valence-electron chi connectivity index (χ0n) is 15.0. The lowest BCUT2D eigenvalue weighted by Crippen LogP contribution is -2.37. The van der Waals surface area contributed by atoms with Crippen LogP contribution in [0, 0.1) is 0 Å². The zero-order valence-corrected chi connectivity index (χ0v) is 18.1. The average molecular weight is 494 g/mol. The van der Waals surface area contributed by atoms with Crippen LogP contribution in [-0.2, 0) is 11.3 Å². The number of halogens is 2. The molecule has 0 aliphatic carbocycles. The Kier molecular flexibility index (Phi) is 11.2. The first kappa shape index (κ1) is 22.7. The third-order valence-electron chi connectivity index (χ3n) is 3.39. The monoisotopic (exact) mass is 493 g/mol. The summed E-state index contributed by atoms with van der Waals surface area (Å²) in [4.78, 5) is 8.53. The molecule has 0 saturated carbocycles. The van der Waals surface area contributed by atoms with E-state index >= 15 is 0 Å². The van der Waals surface area contributed by atoms with Gasteiger partial charge in [0.25, 0.3) is 0 Å². The number of hydrogen-bond acceptors (Lipinski definition) is 5. The molecule has 26 heavy (non-hydrogen) atoms. The molecule has 0 bridgehead atoms. The fourth-order valence-corrected chi connectivity index (χ4v) is 2.32. The van der Waals surface area contributed by atoms with Gasteiger partial charge < -0.3 is 19.9 Å². The summed E-state index contributed by atoms with van der Waals surface area (Å²) in [5, 5.41) is 11.0. The Balaban J connectivity index is 0.00000338. The van der Waals surface area contributed by atoms with Gasteiger partial charge in [-0.05, 0) is 31.9 Å². The molecule has 0 atom stereocenters. The van der Waals surface area contributed by atoms with E-state index in [1.807, 2.05) is 19.1 Å². The normalized spacial score (nSPS) is 11.1. The van der Waals surface area contributed by atoms with Gasteiger partial charge in [0.1, 0.15) is 0 Å². The lowest BCUT2D eigenvalue weighted by atomic mass is 10.2. The van der Waals surface area contributed by atoms with E-state index in [1.165, 1.54) is 0 Å². The minimum absolute atomic E-state index is 0. The highest BCUT2D eigenvalue weighted by atomic mass is 127. The predicted octanol–water partition coefficient (Wildman–Crippen LogP) is 3.49. The van der Waals surface area contributed by atoms with Gasteiger partial charge in [0.05, 0.1) is 6.54 Å². The van der Waals surface area contributed by atoms with Crippen molar-refractivity contribution in [1.29, 1.82) is 0 Å². The van der Waals surface area contributed by atoms with E-state index in [-0.39, 0.29) is 24.0 Å². The molecule has 0 amide bonds. The maximum atomic E-state index is 5.98. The molecule has 1 aromatic carbocycles. The summed E-state index contributed by atoms with van der Waals surface area (Å²) in [6.07, 6.45) is 2.03. The Hall–Kier alpha value is -1.39. The molecule has 1 heterocycles. The predicted molar refractivity (Wildman–Crippen MR) is 114 cm³/mol. The van der Waals surface area contributed by atoms with Gasteiger partial charge in [0.2, 0.25) is 11.7 Å². The van der Waals surface area contributed by atoms with E-state index in [1.54, 1.807) is 19.2 Å². The maximum absolute atomic E-state index is 5.98. The summed E-state index contributed by atoms with van der Waals surface area (Å²) in [6.45, 7) is 4.77. The molecule has 2 rings (SSSR count). The number of aliphatic imine (C=N–C) groups is 1. The van der Waals surface area contributed by atoms with Crippen molar-refractivity contribution < 1.29 is 9.26 Å².